The van der Waals surface area contributed by atoms with E-state index in [0.717, 1.165) is 0 Å². The molecule has 0 bridgehead atoms. The lowest BCUT2D eigenvalue weighted by atomic mass is 10.2. The zero-order valence-corrected chi connectivity index (χ0v) is 7.11. The number of amides is 1. The van der Waals surface area contributed by atoms with Crippen molar-refractivity contribution >= 4 is 11.9 Å². The molecule has 0 heterocycles. The fourth-order valence-electron chi connectivity index (χ4n) is 0.751. The monoisotopic (exact) mass is 179 g/mol. The Balaban J connectivity index is 2.54. The van der Waals surface area contributed by atoms with Crippen molar-refractivity contribution in [2.24, 2.45) is 0 Å². The van der Waals surface area contributed by atoms with Crippen molar-refractivity contribution in [2.75, 3.05) is 0 Å². The first-order chi connectivity index (χ1) is 6.20. The molecule has 0 fully saturated rings. The van der Waals surface area contributed by atoms with Gasteiger partial charge in [-0.3, -0.25) is 4.79 Å². The van der Waals surface area contributed by atoms with E-state index in [1.54, 1.807) is 30.3 Å². The molecule has 0 radical (unpaired) electrons. The lowest BCUT2D eigenvalue weighted by Crippen LogP contribution is -2.24. The van der Waals surface area contributed by atoms with Gasteiger partial charge in [-0.05, 0) is 12.1 Å². The van der Waals surface area contributed by atoms with Crippen LogP contribution in [0, 0.1) is 0 Å². The molecule has 0 spiro atoms. The van der Waals surface area contributed by atoms with Gasteiger partial charge < -0.3 is 4.84 Å². The molecule has 13 heavy (non-hydrogen) atoms. The van der Waals surface area contributed by atoms with Crippen molar-refractivity contribution in [1.82, 2.24) is 5.48 Å². The van der Waals surface area contributed by atoms with Crippen LogP contribution in [0.15, 0.2) is 30.3 Å². The lowest BCUT2D eigenvalue weighted by Gasteiger charge is -2.01. The summed E-state index contributed by atoms with van der Waals surface area (Å²) < 4.78 is 0. The fourth-order valence-corrected chi connectivity index (χ4v) is 0.751. The number of rotatable bonds is 1. The van der Waals surface area contributed by atoms with Crippen LogP contribution in [0.1, 0.15) is 17.3 Å². The maximum absolute atomic E-state index is 11.1. The summed E-state index contributed by atoms with van der Waals surface area (Å²) in [5.41, 5.74) is 2.35. The van der Waals surface area contributed by atoms with Gasteiger partial charge in [-0.2, -0.15) is 5.48 Å². The number of nitrogens with one attached hydrogen (secondary N) is 1. The normalized spacial score (nSPS) is 9.00. The largest absolute Gasteiger partial charge is 0.362 e. The van der Waals surface area contributed by atoms with Gasteiger partial charge >= 0.3 is 5.97 Å². The van der Waals surface area contributed by atoms with Crippen LogP contribution in [0.2, 0.25) is 0 Å². The zero-order valence-electron chi connectivity index (χ0n) is 7.11. The third kappa shape index (κ3) is 2.94. The predicted molar refractivity (Wildman–Crippen MR) is 45.7 cm³/mol. The van der Waals surface area contributed by atoms with E-state index in [2.05, 4.69) is 4.84 Å². The Morgan fingerprint density at radius 2 is 1.85 bits per heavy atom. The molecular weight excluding hydrogens is 170 g/mol. The maximum atomic E-state index is 11.1. The van der Waals surface area contributed by atoms with Crippen molar-refractivity contribution in [3.8, 4) is 0 Å². The quantitative estimate of drug-likeness (QED) is 0.651. The summed E-state index contributed by atoms with van der Waals surface area (Å²) in [6.07, 6.45) is 0. The molecular formula is C9H9NO3. The van der Waals surface area contributed by atoms with Crippen LogP contribution in [-0.2, 0) is 9.63 Å². The second kappa shape index (κ2) is 4.25. The van der Waals surface area contributed by atoms with E-state index in [-0.39, 0.29) is 0 Å². The van der Waals surface area contributed by atoms with Crippen molar-refractivity contribution in [3.05, 3.63) is 35.9 Å². The van der Waals surface area contributed by atoms with Crippen molar-refractivity contribution in [2.45, 2.75) is 6.92 Å². The molecule has 1 amide bonds. The molecule has 0 aliphatic carbocycles. The van der Waals surface area contributed by atoms with E-state index in [0.29, 0.717) is 5.56 Å². The molecule has 68 valence electrons. The van der Waals surface area contributed by atoms with Gasteiger partial charge in [0.1, 0.15) is 0 Å². The molecule has 1 aromatic carbocycles. The smallest absolute Gasteiger partial charge is 0.335 e. The standard InChI is InChI=1S/C9H9NO3/c1-7(11)10-13-9(12)8-5-3-2-4-6-8/h2-6H,1H3,(H,10,11). The minimum Gasteiger partial charge on any atom is -0.335 e. The van der Waals surface area contributed by atoms with Crippen LogP contribution < -0.4 is 5.48 Å². The minimum absolute atomic E-state index is 0.399. The Labute approximate surface area is 75.5 Å². The predicted octanol–water partition coefficient (Wildman–Crippen LogP) is 0.895. The molecule has 1 aromatic rings. The average molecular weight is 179 g/mol. The van der Waals surface area contributed by atoms with Gasteiger partial charge in [0.05, 0.1) is 5.56 Å². The Bertz CT molecular complexity index is 308. The van der Waals surface area contributed by atoms with E-state index >= 15 is 0 Å². The van der Waals surface area contributed by atoms with Crippen LogP contribution in [0.3, 0.4) is 0 Å². The Morgan fingerprint density at radius 3 is 2.38 bits per heavy atom. The summed E-state index contributed by atoms with van der Waals surface area (Å²) in [7, 11) is 0. The van der Waals surface area contributed by atoms with E-state index in [4.69, 9.17) is 0 Å². The SMILES string of the molecule is CC(=O)NOC(=O)c1ccccc1. The summed E-state index contributed by atoms with van der Waals surface area (Å²) in [5, 5.41) is 0. The minimum atomic E-state index is -0.573. The number of carbonyl (C=O) groups is 2. The average Bonchev–Trinajstić information content (AvgIpc) is 2.15. The van der Waals surface area contributed by atoms with Crippen molar-refractivity contribution < 1.29 is 14.4 Å². The number of benzene rings is 1. The zero-order chi connectivity index (χ0) is 9.68. The first kappa shape index (κ1) is 9.25. The maximum Gasteiger partial charge on any atom is 0.362 e. The fraction of sp³-hybridized carbons (Fsp3) is 0.111. The molecule has 4 heteroatoms. The molecule has 0 saturated heterocycles. The van der Waals surface area contributed by atoms with Crippen LogP contribution in [0.5, 0.6) is 0 Å². The number of hydrogen-bond acceptors (Lipinski definition) is 3. The number of hydroxylamine groups is 1. The summed E-state index contributed by atoms with van der Waals surface area (Å²) >= 11 is 0. The van der Waals surface area contributed by atoms with Crippen LogP contribution in [0.25, 0.3) is 0 Å². The summed E-state index contributed by atoms with van der Waals surface area (Å²) in [6.45, 7) is 1.26. The second-order valence-electron chi connectivity index (χ2n) is 2.41. The molecule has 0 saturated carbocycles. The van der Waals surface area contributed by atoms with Crippen molar-refractivity contribution in [1.29, 1.82) is 0 Å². The van der Waals surface area contributed by atoms with Crippen LogP contribution in [0.4, 0.5) is 0 Å². The molecule has 0 atom stereocenters. The Hall–Kier alpha value is -1.84. The highest BCUT2D eigenvalue weighted by atomic mass is 16.7. The Kier molecular flexibility index (Phi) is 3.03. The van der Waals surface area contributed by atoms with Gasteiger partial charge in [0, 0.05) is 6.92 Å². The molecule has 1 rings (SSSR count). The topological polar surface area (TPSA) is 55.4 Å². The van der Waals surface area contributed by atoms with Gasteiger partial charge in [0.15, 0.2) is 0 Å². The molecule has 0 aliphatic heterocycles. The third-order valence-corrected chi connectivity index (χ3v) is 1.30. The second-order valence-corrected chi connectivity index (χ2v) is 2.41. The summed E-state index contributed by atoms with van der Waals surface area (Å²) in [6, 6.07) is 8.41. The van der Waals surface area contributed by atoms with E-state index in [1.807, 2.05) is 5.48 Å². The van der Waals surface area contributed by atoms with Crippen LogP contribution in [-0.4, -0.2) is 11.9 Å². The van der Waals surface area contributed by atoms with Gasteiger partial charge in [0.2, 0.25) is 5.91 Å². The highest BCUT2D eigenvalue weighted by molar-refractivity contribution is 5.90. The van der Waals surface area contributed by atoms with E-state index < -0.39 is 11.9 Å². The van der Waals surface area contributed by atoms with Gasteiger partial charge in [0.25, 0.3) is 0 Å². The first-order valence-electron chi connectivity index (χ1n) is 3.73. The highest BCUT2D eigenvalue weighted by Gasteiger charge is 2.05. The third-order valence-electron chi connectivity index (χ3n) is 1.30. The molecule has 1 N–H and O–H groups in total. The van der Waals surface area contributed by atoms with E-state index in [9.17, 15) is 9.59 Å². The molecule has 0 aromatic heterocycles. The van der Waals surface area contributed by atoms with Crippen molar-refractivity contribution in [3.63, 3.8) is 0 Å². The summed E-state index contributed by atoms with van der Waals surface area (Å²) in [4.78, 5) is 26.0. The van der Waals surface area contributed by atoms with E-state index in [1.165, 1.54) is 6.92 Å². The highest BCUT2D eigenvalue weighted by Crippen LogP contribution is 1.99. The molecule has 0 unspecified atom stereocenters. The van der Waals surface area contributed by atoms with Crippen LogP contribution >= 0.6 is 0 Å². The Morgan fingerprint density at radius 1 is 1.23 bits per heavy atom. The van der Waals surface area contributed by atoms with Gasteiger partial charge in [-0.15, -0.1) is 0 Å². The molecule has 0 aliphatic rings. The summed E-state index contributed by atoms with van der Waals surface area (Å²) in [5.74, 6) is -0.986. The van der Waals surface area contributed by atoms with Gasteiger partial charge in [-0.1, -0.05) is 18.2 Å². The molecule has 4 nitrogen and oxygen atoms in total. The van der Waals surface area contributed by atoms with Gasteiger partial charge in [-0.25, -0.2) is 4.79 Å². The first-order valence-corrected chi connectivity index (χ1v) is 3.73. The number of carbonyl (C=O) groups excluding carboxylic acids is 2. The number of hydrogen-bond donors (Lipinski definition) is 1. The lowest BCUT2D eigenvalue weighted by molar-refractivity contribution is -0.127.